The van der Waals surface area contributed by atoms with Gasteiger partial charge in [0.25, 0.3) is 0 Å². The van der Waals surface area contributed by atoms with E-state index in [1.54, 1.807) is 0 Å². The van der Waals surface area contributed by atoms with Crippen LogP contribution < -0.4 is 10.1 Å². The Bertz CT molecular complexity index is 941. The Labute approximate surface area is 178 Å². The lowest BCUT2D eigenvalue weighted by molar-refractivity contribution is 0.259. The summed E-state index contributed by atoms with van der Waals surface area (Å²) in [5, 5.41) is 6.96. The van der Waals surface area contributed by atoms with Crippen molar-refractivity contribution in [2.24, 2.45) is 0 Å². The van der Waals surface area contributed by atoms with Crippen LogP contribution in [0.4, 0.5) is 0 Å². The molecule has 4 rings (SSSR count). The van der Waals surface area contributed by atoms with E-state index >= 15 is 0 Å². The third-order valence-corrected chi connectivity index (χ3v) is 6.14. The largest absolute Gasteiger partial charge is 0.489 e. The summed E-state index contributed by atoms with van der Waals surface area (Å²) in [7, 11) is 0. The van der Waals surface area contributed by atoms with E-state index in [1.165, 1.54) is 35.7 Å². The summed E-state index contributed by atoms with van der Waals surface area (Å²) in [6, 6.07) is 21.3. The van der Waals surface area contributed by atoms with Crippen molar-refractivity contribution in [1.82, 2.24) is 10.2 Å². The van der Waals surface area contributed by atoms with Crippen molar-refractivity contribution in [3.8, 4) is 5.75 Å². The molecule has 3 aromatic carbocycles. The highest BCUT2D eigenvalue weighted by Gasteiger charge is 2.22. The maximum absolute atomic E-state index is 6.24. The van der Waals surface area contributed by atoms with Crippen molar-refractivity contribution < 1.29 is 4.74 Å². The number of hydrogen-bond acceptors (Lipinski definition) is 3. The number of fused-ring (bicyclic) bond motifs is 1. The molecule has 1 atom stereocenters. The molecule has 0 aromatic heterocycles. The lowest BCUT2D eigenvalue weighted by atomic mass is 10.0. The number of hydrogen-bond donors (Lipinski definition) is 1. The summed E-state index contributed by atoms with van der Waals surface area (Å²) in [4.78, 5) is 2.58. The Balaban J connectivity index is 1.50. The minimum atomic E-state index is 0.536. The van der Waals surface area contributed by atoms with E-state index in [9.17, 15) is 0 Å². The standard InChI is InChI=1S/C25H29ClN2O/c1-2-28-15-5-7-22(28)16-27-17-24-23-8-4-3-6-20(23)11-14-25(24)29-18-19-9-12-21(26)13-10-19/h3-4,6,8-14,22,27H,2,5,7,15-18H2,1H3/t22-/m0/s1. The van der Waals surface area contributed by atoms with Gasteiger partial charge in [-0.2, -0.15) is 0 Å². The first kappa shape index (κ1) is 20.2. The fourth-order valence-electron chi connectivity index (χ4n) is 4.28. The molecule has 1 fully saturated rings. The van der Waals surface area contributed by atoms with E-state index in [2.05, 4.69) is 53.5 Å². The second-order valence-corrected chi connectivity index (χ2v) is 8.17. The molecule has 0 spiro atoms. The summed E-state index contributed by atoms with van der Waals surface area (Å²) >= 11 is 6.00. The molecule has 1 N–H and O–H groups in total. The van der Waals surface area contributed by atoms with Crippen molar-refractivity contribution >= 4 is 22.4 Å². The van der Waals surface area contributed by atoms with Gasteiger partial charge in [0.15, 0.2) is 0 Å². The van der Waals surface area contributed by atoms with Crippen LogP contribution in [0.25, 0.3) is 10.8 Å². The molecule has 0 radical (unpaired) electrons. The van der Waals surface area contributed by atoms with Gasteiger partial charge in [-0.05, 0) is 60.5 Å². The summed E-state index contributed by atoms with van der Waals surface area (Å²) in [6.45, 7) is 6.99. The number of likely N-dealkylation sites (tertiary alicyclic amines) is 1. The van der Waals surface area contributed by atoms with Crippen LogP contribution in [0.15, 0.2) is 60.7 Å². The number of nitrogens with one attached hydrogen (secondary N) is 1. The molecule has 1 saturated heterocycles. The average Bonchev–Trinajstić information content (AvgIpc) is 3.21. The Morgan fingerprint density at radius 1 is 1.07 bits per heavy atom. The van der Waals surface area contributed by atoms with Crippen LogP contribution in [-0.2, 0) is 13.2 Å². The van der Waals surface area contributed by atoms with Crippen molar-refractivity contribution in [2.75, 3.05) is 19.6 Å². The Hall–Kier alpha value is -2.07. The Morgan fingerprint density at radius 3 is 2.72 bits per heavy atom. The molecule has 0 amide bonds. The smallest absolute Gasteiger partial charge is 0.124 e. The van der Waals surface area contributed by atoms with Crippen molar-refractivity contribution in [2.45, 2.75) is 39.0 Å². The van der Waals surface area contributed by atoms with Gasteiger partial charge >= 0.3 is 0 Å². The highest BCUT2D eigenvalue weighted by atomic mass is 35.5. The lowest BCUT2D eigenvalue weighted by Gasteiger charge is -2.23. The second-order valence-electron chi connectivity index (χ2n) is 7.73. The zero-order valence-corrected chi connectivity index (χ0v) is 17.8. The van der Waals surface area contributed by atoms with Gasteiger partial charge in [-0.15, -0.1) is 0 Å². The summed E-state index contributed by atoms with van der Waals surface area (Å²) in [5.41, 5.74) is 2.35. The first-order chi connectivity index (χ1) is 14.2. The summed E-state index contributed by atoms with van der Waals surface area (Å²) in [6.07, 6.45) is 2.60. The third kappa shape index (κ3) is 4.92. The second kappa shape index (κ2) is 9.62. The first-order valence-electron chi connectivity index (χ1n) is 10.6. The maximum atomic E-state index is 6.24. The van der Waals surface area contributed by atoms with Crippen LogP contribution in [0.5, 0.6) is 5.75 Å². The van der Waals surface area contributed by atoms with Gasteiger partial charge in [-0.25, -0.2) is 0 Å². The molecular weight excluding hydrogens is 380 g/mol. The predicted molar refractivity (Wildman–Crippen MR) is 122 cm³/mol. The maximum Gasteiger partial charge on any atom is 0.124 e. The van der Waals surface area contributed by atoms with E-state index in [4.69, 9.17) is 16.3 Å². The van der Waals surface area contributed by atoms with E-state index in [1.807, 2.05) is 24.3 Å². The number of benzene rings is 3. The van der Waals surface area contributed by atoms with Crippen molar-refractivity contribution in [3.05, 3.63) is 76.8 Å². The van der Waals surface area contributed by atoms with E-state index in [0.717, 1.165) is 36.0 Å². The molecule has 0 saturated carbocycles. The molecular formula is C25H29ClN2O. The number of likely N-dealkylation sites (N-methyl/N-ethyl adjacent to an activating group) is 1. The minimum Gasteiger partial charge on any atom is -0.489 e. The van der Waals surface area contributed by atoms with Crippen LogP contribution >= 0.6 is 11.6 Å². The predicted octanol–water partition coefficient (Wildman–Crippen LogP) is 5.65. The van der Waals surface area contributed by atoms with Crippen molar-refractivity contribution in [1.29, 1.82) is 0 Å². The molecule has 29 heavy (non-hydrogen) atoms. The highest BCUT2D eigenvalue weighted by molar-refractivity contribution is 6.30. The molecule has 1 heterocycles. The highest BCUT2D eigenvalue weighted by Crippen LogP contribution is 2.29. The van der Waals surface area contributed by atoms with Crippen LogP contribution in [-0.4, -0.2) is 30.6 Å². The average molecular weight is 409 g/mol. The third-order valence-electron chi connectivity index (χ3n) is 5.89. The zero-order chi connectivity index (χ0) is 20.1. The van der Waals surface area contributed by atoms with Crippen LogP contribution in [0.3, 0.4) is 0 Å². The quantitative estimate of drug-likeness (QED) is 0.521. The van der Waals surface area contributed by atoms with E-state index in [0.29, 0.717) is 12.6 Å². The molecule has 3 nitrogen and oxygen atoms in total. The SMILES string of the molecule is CCN1CCC[C@H]1CNCc1c(OCc2ccc(Cl)cc2)ccc2ccccc12. The van der Waals surface area contributed by atoms with Gasteiger partial charge in [0.2, 0.25) is 0 Å². The first-order valence-corrected chi connectivity index (χ1v) is 10.9. The monoisotopic (exact) mass is 408 g/mol. The number of ether oxygens (including phenoxy) is 1. The summed E-state index contributed by atoms with van der Waals surface area (Å²) in [5.74, 6) is 0.949. The molecule has 152 valence electrons. The fraction of sp³-hybridized carbons (Fsp3) is 0.360. The number of halogens is 1. The topological polar surface area (TPSA) is 24.5 Å². The van der Waals surface area contributed by atoms with Crippen LogP contribution in [0.2, 0.25) is 5.02 Å². The molecule has 4 heteroatoms. The van der Waals surface area contributed by atoms with Gasteiger partial charge < -0.3 is 10.1 Å². The van der Waals surface area contributed by atoms with Gasteiger partial charge in [0.05, 0.1) is 0 Å². The van der Waals surface area contributed by atoms with Crippen molar-refractivity contribution in [3.63, 3.8) is 0 Å². The molecule has 0 aliphatic carbocycles. The van der Waals surface area contributed by atoms with Crippen LogP contribution in [0.1, 0.15) is 30.9 Å². The molecule has 3 aromatic rings. The number of rotatable bonds is 8. The van der Waals surface area contributed by atoms with E-state index < -0.39 is 0 Å². The zero-order valence-electron chi connectivity index (χ0n) is 17.0. The van der Waals surface area contributed by atoms with Gasteiger partial charge in [0.1, 0.15) is 12.4 Å². The lowest BCUT2D eigenvalue weighted by Crippen LogP contribution is -2.37. The molecule has 0 bridgehead atoms. The molecule has 0 unspecified atom stereocenters. The van der Waals surface area contributed by atoms with Gasteiger partial charge in [0, 0.05) is 29.7 Å². The fourth-order valence-corrected chi connectivity index (χ4v) is 4.41. The Morgan fingerprint density at radius 2 is 1.90 bits per heavy atom. The molecule has 1 aliphatic heterocycles. The van der Waals surface area contributed by atoms with Gasteiger partial charge in [-0.3, -0.25) is 4.90 Å². The summed E-state index contributed by atoms with van der Waals surface area (Å²) < 4.78 is 6.24. The number of nitrogens with zero attached hydrogens (tertiary/aromatic N) is 1. The normalized spacial score (nSPS) is 17.1. The minimum absolute atomic E-state index is 0.536. The van der Waals surface area contributed by atoms with Crippen LogP contribution in [0, 0.1) is 0 Å². The van der Waals surface area contributed by atoms with E-state index in [-0.39, 0.29) is 0 Å². The Kier molecular flexibility index (Phi) is 6.70. The van der Waals surface area contributed by atoms with Gasteiger partial charge in [-0.1, -0.05) is 61.0 Å². The molecule has 1 aliphatic rings.